The summed E-state index contributed by atoms with van der Waals surface area (Å²) in [5, 5.41) is 7.07. The SMILES string of the molecule is CCN1CCN(C(C)CNc2cnn(-c3ccc(C(F)(F)F)cn3)c(=O)c2Cl)CC1. The fraction of sp³-hybridized carbons (Fsp3) is 0.526. The predicted molar refractivity (Wildman–Crippen MR) is 109 cm³/mol. The van der Waals surface area contributed by atoms with E-state index in [0.29, 0.717) is 18.4 Å². The van der Waals surface area contributed by atoms with Gasteiger partial charge in [0.2, 0.25) is 0 Å². The first-order valence-electron chi connectivity index (χ1n) is 9.72. The van der Waals surface area contributed by atoms with Crippen LogP contribution in [0.2, 0.25) is 5.02 Å². The number of pyridine rings is 1. The lowest BCUT2D eigenvalue weighted by Crippen LogP contribution is -2.51. The molecule has 3 heterocycles. The summed E-state index contributed by atoms with van der Waals surface area (Å²) in [4.78, 5) is 21.0. The molecule has 3 rings (SSSR count). The summed E-state index contributed by atoms with van der Waals surface area (Å²) >= 11 is 6.20. The number of nitrogens with one attached hydrogen (secondary N) is 1. The first-order valence-corrected chi connectivity index (χ1v) is 10.1. The van der Waals surface area contributed by atoms with E-state index >= 15 is 0 Å². The van der Waals surface area contributed by atoms with E-state index in [9.17, 15) is 18.0 Å². The van der Waals surface area contributed by atoms with E-state index in [-0.39, 0.29) is 16.9 Å². The van der Waals surface area contributed by atoms with Gasteiger partial charge >= 0.3 is 6.18 Å². The minimum absolute atomic E-state index is 0.0383. The van der Waals surface area contributed by atoms with Crippen molar-refractivity contribution in [3.8, 4) is 5.82 Å². The van der Waals surface area contributed by atoms with Crippen molar-refractivity contribution in [2.45, 2.75) is 26.1 Å². The summed E-state index contributed by atoms with van der Waals surface area (Å²) in [5.41, 5.74) is -1.18. The number of halogens is 4. The van der Waals surface area contributed by atoms with Crippen molar-refractivity contribution in [2.75, 3.05) is 44.6 Å². The van der Waals surface area contributed by atoms with Crippen molar-refractivity contribution in [1.82, 2.24) is 24.6 Å². The van der Waals surface area contributed by atoms with Crippen LogP contribution < -0.4 is 10.9 Å². The fourth-order valence-electron chi connectivity index (χ4n) is 3.31. The van der Waals surface area contributed by atoms with Crippen LogP contribution in [0.15, 0.2) is 29.3 Å². The average Bonchev–Trinajstić information content (AvgIpc) is 2.74. The van der Waals surface area contributed by atoms with Crippen molar-refractivity contribution >= 4 is 17.3 Å². The lowest BCUT2D eigenvalue weighted by molar-refractivity contribution is -0.137. The molecular weight excluding hydrogens is 421 g/mol. The molecule has 0 radical (unpaired) electrons. The lowest BCUT2D eigenvalue weighted by Gasteiger charge is -2.37. The van der Waals surface area contributed by atoms with E-state index < -0.39 is 17.3 Å². The quantitative estimate of drug-likeness (QED) is 0.739. The lowest BCUT2D eigenvalue weighted by atomic mass is 10.2. The molecule has 1 saturated heterocycles. The van der Waals surface area contributed by atoms with Crippen LogP contribution in [0.5, 0.6) is 0 Å². The Bertz CT molecular complexity index is 910. The zero-order chi connectivity index (χ0) is 21.9. The van der Waals surface area contributed by atoms with E-state index in [1.54, 1.807) is 0 Å². The molecule has 1 N–H and O–H groups in total. The second-order valence-corrected chi connectivity index (χ2v) is 7.57. The molecule has 30 heavy (non-hydrogen) atoms. The maximum Gasteiger partial charge on any atom is 0.417 e. The van der Waals surface area contributed by atoms with Crippen molar-refractivity contribution in [3.63, 3.8) is 0 Å². The first-order chi connectivity index (χ1) is 14.2. The first kappa shape index (κ1) is 22.5. The molecule has 11 heteroatoms. The van der Waals surface area contributed by atoms with Crippen LogP contribution in [0, 0.1) is 0 Å². The Hall–Kier alpha value is -2.17. The number of nitrogens with zero attached hydrogens (tertiary/aromatic N) is 5. The highest BCUT2D eigenvalue weighted by Gasteiger charge is 2.30. The molecule has 0 aliphatic carbocycles. The molecule has 1 aliphatic rings. The van der Waals surface area contributed by atoms with Crippen molar-refractivity contribution in [1.29, 1.82) is 0 Å². The van der Waals surface area contributed by atoms with Crippen molar-refractivity contribution in [2.24, 2.45) is 0 Å². The van der Waals surface area contributed by atoms with Crippen molar-refractivity contribution < 1.29 is 13.2 Å². The summed E-state index contributed by atoms with van der Waals surface area (Å²) in [7, 11) is 0. The van der Waals surface area contributed by atoms with Crippen LogP contribution in [0.4, 0.5) is 18.9 Å². The third kappa shape index (κ3) is 5.11. The Morgan fingerprint density at radius 1 is 1.20 bits per heavy atom. The molecule has 1 atom stereocenters. The molecule has 2 aromatic rings. The van der Waals surface area contributed by atoms with Crippen LogP contribution in [0.3, 0.4) is 0 Å². The van der Waals surface area contributed by atoms with Gasteiger partial charge in [-0.15, -0.1) is 0 Å². The molecule has 1 unspecified atom stereocenters. The van der Waals surface area contributed by atoms with E-state index in [4.69, 9.17) is 11.6 Å². The summed E-state index contributed by atoms with van der Waals surface area (Å²) in [6.45, 7) is 9.88. The number of alkyl halides is 3. The van der Waals surface area contributed by atoms with Gasteiger partial charge in [-0.3, -0.25) is 9.69 Å². The van der Waals surface area contributed by atoms with Gasteiger partial charge in [0, 0.05) is 45.0 Å². The topological polar surface area (TPSA) is 66.3 Å². The summed E-state index contributed by atoms with van der Waals surface area (Å²) in [6.07, 6.45) is -2.47. The molecular formula is C19H24ClF3N6O. The summed E-state index contributed by atoms with van der Waals surface area (Å²) < 4.78 is 38.9. The Balaban J connectivity index is 1.67. The number of piperazine rings is 1. The van der Waals surface area contributed by atoms with E-state index in [2.05, 4.69) is 39.0 Å². The second kappa shape index (κ2) is 9.32. The third-order valence-corrected chi connectivity index (χ3v) is 5.64. The molecule has 1 fully saturated rings. The average molecular weight is 445 g/mol. The summed E-state index contributed by atoms with van der Waals surface area (Å²) in [6, 6.07) is 2.16. The maximum absolute atomic E-state index is 12.7. The molecule has 0 amide bonds. The minimum atomic E-state index is -4.50. The number of anilines is 1. The van der Waals surface area contributed by atoms with Crippen LogP contribution in [-0.4, -0.2) is 69.9 Å². The highest BCUT2D eigenvalue weighted by molar-refractivity contribution is 6.32. The Kier molecular flexibility index (Phi) is 6.99. The van der Waals surface area contributed by atoms with Crippen LogP contribution in [0.25, 0.3) is 5.82 Å². The fourth-order valence-corrected chi connectivity index (χ4v) is 3.50. The smallest absolute Gasteiger partial charge is 0.381 e. The molecule has 164 valence electrons. The van der Waals surface area contributed by atoms with Gasteiger partial charge in [-0.2, -0.15) is 23.0 Å². The van der Waals surface area contributed by atoms with E-state index in [1.165, 1.54) is 6.20 Å². The molecule has 2 aromatic heterocycles. The second-order valence-electron chi connectivity index (χ2n) is 7.19. The normalized spacial score (nSPS) is 17.1. The Morgan fingerprint density at radius 2 is 1.90 bits per heavy atom. The monoisotopic (exact) mass is 444 g/mol. The van der Waals surface area contributed by atoms with Gasteiger partial charge in [0.05, 0.1) is 17.4 Å². The van der Waals surface area contributed by atoms with E-state index in [1.807, 2.05) is 0 Å². The Morgan fingerprint density at radius 3 is 2.47 bits per heavy atom. The summed E-state index contributed by atoms with van der Waals surface area (Å²) in [5.74, 6) is -0.0383. The maximum atomic E-state index is 12.7. The van der Waals surface area contributed by atoms with E-state index in [0.717, 1.165) is 49.5 Å². The van der Waals surface area contributed by atoms with Gasteiger partial charge in [-0.25, -0.2) is 4.98 Å². The van der Waals surface area contributed by atoms with Crippen LogP contribution in [0.1, 0.15) is 19.4 Å². The zero-order valence-corrected chi connectivity index (χ0v) is 17.5. The van der Waals surface area contributed by atoms with Crippen LogP contribution >= 0.6 is 11.6 Å². The van der Waals surface area contributed by atoms with Crippen molar-refractivity contribution in [3.05, 3.63) is 45.5 Å². The number of likely N-dealkylation sites (N-methyl/N-ethyl adjacent to an activating group) is 1. The molecule has 0 bridgehead atoms. The number of hydrogen-bond donors (Lipinski definition) is 1. The molecule has 7 nitrogen and oxygen atoms in total. The van der Waals surface area contributed by atoms with Gasteiger partial charge in [0.1, 0.15) is 5.02 Å². The highest BCUT2D eigenvalue weighted by atomic mass is 35.5. The third-order valence-electron chi connectivity index (χ3n) is 5.28. The number of aromatic nitrogens is 3. The molecule has 1 aliphatic heterocycles. The standard InChI is InChI=1S/C19H24ClF3N6O/c1-3-27-6-8-28(9-7-27)13(2)10-24-15-12-26-29(18(30)17(15)20)16-5-4-14(11-25-16)19(21,22)23/h4-5,11-13,24H,3,6-10H2,1-2H3. The van der Waals surface area contributed by atoms with Gasteiger partial charge in [-0.05, 0) is 25.6 Å². The molecule has 0 aromatic carbocycles. The molecule has 0 spiro atoms. The predicted octanol–water partition coefficient (Wildman–Crippen LogP) is 2.74. The zero-order valence-electron chi connectivity index (χ0n) is 16.8. The van der Waals surface area contributed by atoms with Gasteiger partial charge < -0.3 is 10.2 Å². The molecule has 0 saturated carbocycles. The van der Waals surface area contributed by atoms with Gasteiger partial charge in [0.25, 0.3) is 5.56 Å². The van der Waals surface area contributed by atoms with Gasteiger partial charge in [-0.1, -0.05) is 18.5 Å². The number of hydrogen-bond acceptors (Lipinski definition) is 6. The number of rotatable bonds is 6. The van der Waals surface area contributed by atoms with Gasteiger partial charge in [0.15, 0.2) is 5.82 Å². The Labute approximate surface area is 177 Å². The highest BCUT2D eigenvalue weighted by Crippen LogP contribution is 2.28. The largest absolute Gasteiger partial charge is 0.417 e. The van der Waals surface area contributed by atoms with Crippen LogP contribution in [-0.2, 0) is 6.18 Å². The minimum Gasteiger partial charge on any atom is -0.381 e.